The molecule has 3 fully saturated rings. The topological polar surface area (TPSA) is 145 Å². The third-order valence-electron chi connectivity index (χ3n) is 8.54. The molecule has 3 saturated heterocycles. The lowest BCUT2D eigenvalue weighted by Crippen LogP contribution is -2.56. The number of rotatable bonds is 9. The molecule has 12 heteroatoms. The fraction of sp³-hybridized carbons (Fsp3) is 0.333. The van der Waals surface area contributed by atoms with Gasteiger partial charge in [-0.05, 0) is 85.3 Å². The van der Waals surface area contributed by atoms with Gasteiger partial charge in [0.2, 0.25) is 10.0 Å². The number of sulfonamides is 1. The first-order chi connectivity index (χ1) is 20.2. The summed E-state index contributed by atoms with van der Waals surface area (Å²) in [6.45, 7) is 6.22. The van der Waals surface area contributed by atoms with E-state index in [2.05, 4.69) is 44.2 Å². The normalized spacial score (nSPS) is 22.5. The number of nitrogens with one attached hydrogen (secondary N) is 1. The van der Waals surface area contributed by atoms with E-state index in [-0.39, 0.29) is 29.4 Å². The summed E-state index contributed by atoms with van der Waals surface area (Å²) in [7, 11) is -2.18. The first-order valence-corrected chi connectivity index (χ1v) is 15.4. The molecule has 218 valence electrons. The molecule has 0 radical (unpaired) electrons. The number of aromatic nitrogens is 4. The number of ether oxygens (including phenoxy) is 1. The highest BCUT2D eigenvalue weighted by molar-refractivity contribution is 7.89. The van der Waals surface area contributed by atoms with E-state index in [1.54, 1.807) is 7.11 Å². The number of pyridine rings is 1. The van der Waals surface area contributed by atoms with Crippen LogP contribution < -0.4 is 15.2 Å². The Bertz CT molecular complexity index is 1740. The number of carbonyl (C=O) groups is 1. The van der Waals surface area contributed by atoms with Crippen molar-refractivity contribution in [1.82, 2.24) is 30.2 Å². The number of fused-ring (bicyclic) bond motifs is 4. The van der Waals surface area contributed by atoms with Crippen LogP contribution in [0.2, 0.25) is 0 Å². The molecule has 0 aliphatic carbocycles. The van der Waals surface area contributed by atoms with Gasteiger partial charge in [-0.3, -0.25) is 14.7 Å². The van der Waals surface area contributed by atoms with Crippen molar-refractivity contribution in [2.45, 2.75) is 36.4 Å². The lowest BCUT2D eigenvalue weighted by Gasteiger charge is -2.51. The minimum atomic E-state index is -3.84. The summed E-state index contributed by atoms with van der Waals surface area (Å²) in [4.78, 5) is 19.8. The molecule has 3 aliphatic heterocycles. The van der Waals surface area contributed by atoms with Crippen LogP contribution in [0, 0.1) is 11.8 Å². The molecule has 2 aromatic carbocycles. The van der Waals surface area contributed by atoms with E-state index in [1.807, 2.05) is 35.3 Å². The number of carbonyl (C=O) groups excluding carboxylic acids is 1. The maximum absolute atomic E-state index is 12.8. The van der Waals surface area contributed by atoms with Gasteiger partial charge in [-0.25, -0.2) is 18.2 Å². The Morgan fingerprint density at radius 2 is 2.05 bits per heavy atom. The number of piperidine rings is 3. The Morgan fingerprint density at radius 1 is 1.24 bits per heavy atom. The molecular weight excluding hydrogens is 554 g/mol. The van der Waals surface area contributed by atoms with Crippen LogP contribution in [0.15, 0.2) is 78.5 Å². The summed E-state index contributed by atoms with van der Waals surface area (Å²) >= 11 is 0. The predicted molar refractivity (Wildman–Crippen MR) is 157 cm³/mol. The Labute approximate surface area is 244 Å². The zero-order chi connectivity index (χ0) is 29.4. The van der Waals surface area contributed by atoms with Crippen LogP contribution in [-0.4, -0.2) is 65.4 Å². The minimum absolute atomic E-state index is 0.0548. The third-order valence-corrected chi connectivity index (χ3v) is 9.47. The summed E-state index contributed by atoms with van der Waals surface area (Å²) in [5, 5.41) is 18.0. The Morgan fingerprint density at radius 3 is 2.74 bits per heavy atom. The number of methoxy groups -OCH3 is 1. The van der Waals surface area contributed by atoms with Gasteiger partial charge in [0.25, 0.3) is 5.91 Å². The lowest BCUT2D eigenvalue weighted by atomic mass is 9.73. The van der Waals surface area contributed by atoms with Crippen LogP contribution in [0.4, 0.5) is 0 Å². The fourth-order valence-corrected chi connectivity index (χ4v) is 6.88. The third kappa shape index (κ3) is 5.40. The SMILES string of the molecule is C=CC1CN2CCC1CC2[C@@H](c1ccnc2ccc(OC)cc12)n1cc(CNC(=O)c2ccc(S(N)(=O)=O)cc2)nn1. The molecule has 42 heavy (non-hydrogen) atoms. The standard InChI is InChI=1S/C30H33N7O4S/c1-3-19-17-36-13-11-21(19)14-28(36)29(25-10-12-32-27-9-6-23(41-2)15-26(25)27)37-18-22(34-35-37)16-33-30(38)20-4-7-24(8-5-20)42(31,39)40/h3-10,12,15,18-19,21,28-29H,1,11,13-14,16-17H2,2H3,(H,33,38)(H2,31,39,40)/t19?,21?,28?,29-/m1/s1. The van der Waals surface area contributed by atoms with Gasteiger partial charge >= 0.3 is 0 Å². The molecule has 4 aromatic rings. The number of primary sulfonamides is 1. The molecule has 3 aliphatic rings. The smallest absolute Gasteiger partial charge is 0.251 e. The van der Waals surface area contributed by atoms with E-state index in [0.717, 1.165) is 48.1 Å². The number of nitrogens with zero attached hydrogens (tertiary/aromatic N) is 5. The molecule has 1 amide bonds. The molecule has 11 nitrogen and oxygen atoms in total. The van der Waals surface area contributed by atoms with E-state index in [1.165, 1.54) is 24.3 Å². The highest BCUT2D eigenvalue weighted by Crippen LogP contribution is 2.43. The number of hydrogen-bond donors (Lipinski definition) is 2. The molecule has 2 aromatic heterocycles. The molecule has 0 spiro atoms. The first kappa shape index (κ1) is 28.0. The number of amides is 1. The average Bonchev–Trinajstić information content (AvgIpc) is 3.48. The van der Waals surface area contributed by atoms with Gasteiger partial charge in [-0.2, -0.15) is 0 Å². The minimum Gasteiger partial charge on any atom is -0.497 e. The molecule has 7 rings (SSSR count). The van der Waals surface area contributed by atoms with Gasteiger partial charge in [-0.15, -0.1) is 11.7 Å². The summed E-state index contributed by atoms with van der Waals surface area (Å²) in [6.07, 6.45) is 7.97. The van der Waals surface area contributed by atoms with Crippen molar-refractivity contribution in [2.24, 2.45) is 17.0 Å². The number of hydrogen-bond acceptors (Lipinski definition) is 8. The Balaban J connectivity index is 1.30. The quantitative estimate of drug-likeness (QED) is 0.284. The van der Waals surface area contributed by atoms with Crippen molar-refractivity contribution in [3.8, 4) is 5.75 Å². The molecule has 0 saturated carbocycles. The van der Waals surface area contributed by atoms with Crippen molar-refractivity contribution in [3.05, 3.63) is 90.4 Å². The van der Waals surface area contributed by atoms with E-state index >= 15 is 0 Å². The first-order valence-electron chi connectivity index (χ1n) is 13.9. The fourth-order valence-electron chi connectivity index (χ4n) is 6.36. The van der Waals surface area contributed by atoms with E-state index in [0.29, 0.717) is 23.1 Å². The second kappa shape index (κ2) is 11.3. The van der Waals surface area contributed by atoms with Crippen molar-refractivity contribution in [2.75, 3.05) is 20.2 Å². The largest absolute Gasteiger partial charge is 0.497 e. The van der Waals surface area contributed by atoms with Crippen LogP contribution in [-0.2, 0) is 16.6 Å². The summed E-state index contributed by atoms with van der Waals surface area (Å²) in [5.41, 5.74) is 2.87. The molecule has 3 N–H and O–H groups in total. The maximum Gasteiger partial charge on any atom is 0.251 e. The summed E-state index contributed by atoms with van der Waals surface area (Å²) in [5.74, 6) is 1.43. The van der Waals surface area contributed by atoms with Crippen LogP contribution >= 0.6 is 0 Å². The Kier molecular flexibility index (Phi) is 7.52. The van der Waals surface area contributed by atoms with E-state index in [4.69, 9.17) is 9.88 Å². The monoisotopic (exact) mass is 587 g/mol. The predicted octanol–water partition coefficient (Wildman–Crippen LogP) is 2.90. The highest BCUT2D eigenvalue weighted by atomic mass is 32.2. The van der Waals surface area contributed by atoms with Gasteiger partial charge in [0.05, 0.1) is 36.3 Å². The van der Waals surface area contributed by atoms with Crippen LogP contribution in [0.1, 0.15) is 40.5 Å². The maximum atomic E-state index is 12.8. The van der Waals surface area contributed by atoms with Gasteiger partial charge in [0.15, 0.2) is 0 Å². The van der Waals surface area contributed by atoms with Gasteiger partial charge < -0.3 is 10.1 Å². The number of benzene rings is 2. The van der Waals surface area contributed by atoms with Crippen molar-refractivity contribution in [1.29, 1.82) is 0 Å². The van der Waals surface area contributed by atoms with Gasteiger partial charge in [0.1, 0.15) is 11.4 Å². The van der Waals surface area contributed by atoms with Gasteiger partial charge in [-0.1, -0.05) is 11.3 Å². The number of nitrogens with two attached hydrogens (primary N) is 1. The van der Waals surface area contributed by atoms with Crippen molar-refractivity contribution >= 4 is 26.8 Å². The molecular formula is C30H33N7O4S. The van der Waals surface area contributed by atoms with Gasteiger partial charge in [0, 0.05) is 29.7 Å². The van der Waals surface area contributed by atoms with E-state index in [9.17, 15) is 13.2 Å². The molecule has 5 atom stereocenters. The summed E-state index contributed by atoms with van der Waals surface area (Å²) < 4.78 is 30.5. The zero-order valence-corrected chi connectivity index (χ0v) is 24.1. The second-order valence-electron chi connectivity index (χ2n) is 10.9. The lowest BCUT2D eigenvalue weighted by molar-refractivity contribution is -0.000130. The zero-order valence-electron chi connectivity index (χ0n) is 23.3. The molecule has 5 heterocycles. The van der Waals surface area contributed by atoms with E-state index < -0.39 is 10.0 Å². The van der Waals surface area contributed by atoms with Crippen LogP contribution in [0.5, 0.6) is 5.75 Å². The molecule has 2 bridgehead atoms. The van der Waals surface area contributed by atoms with Crippen molar-refractivity contribution < 1.29 is 17.9 Å². The average molecular weight is 588 g/mol. The second-order valence-corrected chi connectivity index (χ2v) is 12.5. The summed E-state index contributed by atoms with van der Waals surface area (Å²) in [6, 6.07) is 13.5. The Hall–Kier alpha value is -4.13. The highest BCUT2D eigenvalue weighted by Gasteiger charge is 2.44. The van der Waals surface area contributed by atoms with Crippen LogP contribution in [0.25, 0.3) is 10.9 Å². The van der Waals surface area contributed by atoms with Crippen LogP contribution in [0.3, 0.4) is 0 Å². The molecule has 4 unspecified atom stereocenters. The van der Waals surface area contributed by atoms with Crippen molar-refractivity contribution in [3.63, 3.8) is 0 Å².